The van der Waals surface area contributed by atoms with Gasteiger partial charge in [-0.2, -0.15) is 0 Å². The molecule has 0 saturated heterocycles. The predicted molar refractivity (Wildman–Crippen MR) is 70.6 cm³/mol. The Morgan fingerprint density at radius 1 is 1.47 bits per heavy atom. The summed E-state index contributed by atoms with van der Waals surface area (Å²) in [5, 5.41) is 3.21. The SMILES string of the molecule is COCCC1(CN=C(NN)NCC(C)C)CC1. The Kier molecular flexibility index (Phi) is 5.71. The van der Waals surface area contributed by atoms with Gasteiger partial charge in [-0.1, -0.05) is 13.8 Å². The zero-order chi connectivity index (χ0) is 12.7. The summed E-state index contributed by atoms with van der Waals surface area (Å²) in [5.41, 5.74) is 2.99. The third kappa shape index (κ3) is 5.37. The molecule has 0 radical (unpaired) electrons. The lowest BCUT2D eigenvalue weighted by atomic mass is 10.0. The summed E-state index contributed by atoms with van der Waals surface area (Å²) in [5.74, 6) is 6.72. The van der Waals surface area contributed by atoms with E-state index < -0.39 is 0 Å². The van der Waals surface area contributed by atoms with Crippen LogP contribution < -0.4 is 16.6 Å². The molecule has 1 rings (SSSR count). The van der Waals surface area contributed by atoms with Gasteiger partial charge in [0.1, 0.15) is 0 Å². The van der Waals surface area contributed by atoms with Crippen molar-refractivity contribution in [3.63, 3.8) is 0 Å². The van der Waals surface area contributed by atoms with Crippen molar-refractivity contribution in [1.29, 1.82) is 0 Å². The van der Waals surface area contributed by atoms with Crippen LogP contribution in [-0.4, -0.2) is 32.8 Å². The van der Waals surface area contributed by atoms with Gasteiger partial charge in [0.15, 0.2) is 0 Å². The van der Waals surface area contributed by atoms with Gasteiger partial charge in [-0.3, -0.25) is 10.4 Å². The highest BCUT2D eigenvalue weighted by atomic mass is 16.5. The minimum Gasteiger partial charge on any atom is -0.385 e. The van der Waals surface area contributed by atoms with Crippen molar-refractivity contribution >= 4 is 5.96 Å². The highest BCUT2D eigenvalue weighted by molar-refractivity contribution is 5.79. The average Bonchev–Trinajstić information content (AvgIpc) is 3.07. The fraction of sp³-hybridized carbons (Fsp3) is 0.917. The number of nitrogens with two attached hydrogens (primary N) is 1. The van der Waals surface area contributed by atoms with Crippen LogP contribution >= 0.6 is 0 Å². The second-order valence-corrected chi connectivity index (χ2v) is 5.33. The molecule has 1 fully saturated rings. The molecule has 0 atom stereocenters. The van der Waals surface area contributed by atoms with Gasteiger partial charge >= 0.3 is 0 Å². The molecule has 1 aliphatic rings. The van der Waals surface area contributed by atoms with Crippen molar-refractivity contribution in [2.24, 2.45) is 22.2 Å². The molecule has 0 aromatic rings. The number of aliphatic imine (C=N–C) groups is 1. The molecule has 0 aliphatic heterocycles. The van der Waals surface area contributed by atoms with Gasteiger partial charge in [-0.05, 0) is 30.6 Å². The van der Waals surface area contributed by atoms with Crippen molar-refractivity contribution in [3.8, 4) is 0 Å². The molecule has 1 saturated carbocycles. The van der Waals surface area contributed by atoms with Gasteiger partial charge < -0.3 is 10.1 Å². The monoisotopic (exact) mass is 242 g/mol. The Labute approximate surface area is 104 Å². The van der Waals surface area contributed by atoms with Crippen molar-refractivity contribution < 1.29 is 4.74 Å². The van der Waals surface area contributed by atoms with Crippen molar-refractivity contribution in [3.05, 3.63) is 0 Å². The first-order chi connectivity index (χ1) is 8.12. The first-order valence-corrected chi connectivity index (χ1v) is 6.36. The smallest absolute Gasteiger partial charge is 0.205 e. The highest BCUT2D eigenvalue weighted by Crippen LogP contribution is 2.48. The third-order valence-electron chi connectivity index (χ3n) is 3.18. The molecular formula is C12H26N4O. The van der Waals surface area contributed by atoms with Gasteiger partial charge in [0, 0.05) is 26.8 Å². The lowest BCUT2D eigenvalue weighted by Crippen LogP contribution is -2.43. The molecule has 0 bridgehead atoms. The number of nitrogens with one attached hydrogen (secondary N) is 2. The van der Waals surface area contributed by atoms with Crippen LogP contribution in [0.3, 0.4) is 0 Å². The van der Waals surface area contributed by atoms with E-state index in [9.17, 15) is 0 Å². The number of rotatable bonds is 7. The summed E-state index contributed by atoms with van der Waals surface area (Å²) >= 11 is 0. The Bertz CT molecular complexity index is 249. The number of hydrazine groups is 1. The zero-order valence-corrected chi connectivity index (χ0v) is 11.3. The van der Waals surface area contributed by atoms with Crippen LogP contribution in [0, 0.1) is 11.3 Å². The largest absolute Gasteiger partial charge is 0.385 e. The lowest BCUT2D eigenvalue weighted by Gasteiger charge is -2.14. The second kappa shape index (κ2) is 6.81. The number of nitrogens with zero attached hydrogens (tertiary/aromatic N) is 1. The van der Waals surface area contributed by atoms with E-state index in [1.807, 2.05) is 0 Å². The number of guanidine groups is 1. The quantitative estimate of drug-likeness (QED) is 0.268. The fourth-order valence-electron chi connectivity index (χ4n) is 1.68. The van der Waals surface area contributed by atoms with Crippen LogP contribution in [0.15, 0.2) is 4.99 Å². The minimum atomic E-state index is 0.373. The van der Waals surface area contributed by atoms with Gasteiger partial charge in [0.05, 0.1) is 0 Å². The highest BCUT2D eigenvalue weighted by Gasteiger charge is 2.41. The Balaban J connectivity index is 2.33. The van der Waals surface area contributed by atoms with Gasteiger partial charge in [-0.25, -0.2) is 5.84 Å². The Morgan fingerprint density at radius 2 is 2.18 bits per heavy atom. The van der Waals surface area contributed by atoms with Crippen LogP contribution in [0.2, 0.25) is 0 Å². The Hall–Kier alpha value is -0.810. The van der Waals surface area contributed by atoms with Gasteiger partial charge in [0.2, 0.25) is 5.96 Å². The van der Waals surface area contributed by atoms with Gasteiger partial charge in [0.25, 0.3) is 0 Å². The summed E-state index contributed by atoms with van der Waals surface area (Å²) in [6, 6.07) is 0. The average molecular weight is 242 g/mol. The molecule has 0 unspecified atom stereocenters. The molecule has 0 amide bonds. The van der Waals surface area contributed by atoms with E-state index in [0.29, 0.717) is 17.3 Å². The first kappa shape index (κ1) is 14.3. The maximum atomic E-state index is 5.44. The van der Waals surface area contributed by atoms with Crippen molar-refractivity contribution in [2.75, 3.05) is 26.8 Å². The number of hydrogen-bond acceptors (Lipinski definition) is 3. The predicted octanol–water partition coefficient (Wildman–Crippen LogP) is 0.868. The molecule has 100 valence electrons. The molecule has 1 aliphatic carbocycles. The Morgan fingerprint density at radius 3 is 2.65 bits per heavy atom. The van der Waals surface area contributed by atoms with Crippen LogP contribution in [0.4, 0.5) is 0 Å². The van der Waals surface area contributed by atoms with E-state index in [4.69, 9.17) is 10.6 Å². The van der Waals surface area contributed by atoms with Crippen molar-refractivity contribution in [1.82, 2.24) is 10.7 Å². The number of ether oxygens (including phenoxy) is 1. The second-order valence-electron chi connectivity index (χ2n) is 5.33. The molecular weight excluding hydrogens is 216 g/mol. The molecule has 5 heteroatoms. The van der Waals surface area contributed by atoms with Crippen LogP contribution in [0.25, 0.3) is 0 Å². The minimum absolute atomic E-state index is 0.373. The lowest BCUT2D eigenvalue weighted by molar-refractivity contribution is 0.174. The molecule has 0 aromatic carbocycles. The molecule has 5 nitrogen and oxygen atoms in total. The van der Waals surface area contributed by atoms with E-state index in [2.05, 4.69) is 29.6 Å². The third-order valence-corrected chi connectivity index (χ3v) is 3.18. The molecule has 17 heavy (non-hydrogen) atoms. The van der Waals surface area contributed by atoms with E-state index >= 15 is 0 Å². The molecule has 0 heterocycles. The van der Waals surface area contributed by atoms with Crippen molar-refractivity contribution in [2.45, 2.75) is 33.1 Å². The van der Waals surface area contributed by atoms with Crippen LogP contribution in [0.1, 0.15) is 33.1 Å². The van der Waals surface area contributed by atoms with Crippen LogP contribution in [0.5, 0.6) is 0 Å². The fourth-order valence-corrected chi connectivity index (χ4v) is 1.68. The first-order valence-electron chi connectivity index (χ1n) is 6.36. The number of methoxy groups -OCH3 is 1. The maximum absolute atomic E-state index is 5.44. The molecule has 0 spiro atoms. The summed E-state index contributed by atoms with van der Waals surface area (Å²) in [6.07, 6.45) is 3.60. The van der Waals surface area contributed by atoms with E-state index in [1.165, 1.54) is 12.8 Å². The normalized spacial score (nSPS) is 18.3. The van der Waals surface area contributed by atoms with E-state index in [1.54, 1.807) is 7.11 Å². The standard InChI is InChI=1S/C12H26N4O/c1-10(2)8-14-11(16-13)15-9-12(4-5-12)6-7-17-3/h10H,4-9,13H2,1-3H3,(H2,14,15,16). The summed E-state index contributed by atoms with van der Waals surface area (Å²) in [7, 11) is 1.75. The van der Waals surface area contributed by atoms with E-state index in [-0.39, 0.29) is 0 Å². The number of hydrogen-bond donors (Lipinski definition) is 3. The summed E-state index contributed by atoms with van der Waals surface area (Å²) in [6.45, 7) is 6.85. The summed E-state index contributed by atoms with van der Waals surface area (Å²) in [4.78, 5) is 4.52. The molecule has 0 aromatic heterocycles. The zero-order valence-electron chi connectivity index (χ0n) is 11.3. The van der Waals surface area contributed by atoms with Gasteiger partial charge in [-0.15, -0.1) is 0 Å². The maximum Gasteiger partial charge on any atom is 0.205 e. The molecule has 4 N–H and O–H groups in total. The van der Waals surface area contributed by atoms with Crippen LogP contribution in [-0.2, 0) is 4.74 Å². The summed E-state index contributed by atoms with van der Waals surface area (Å²) < 4.78 is 5.13. The van der Waals surface area contributed by atoms with E-state index in [0.717, 1.165) is 26.1 Å². The topological polar surface area (TPSA) is 71.7 Å².